The van der Waals surface area contributed by atoms with E-state index in [4.69, 9.17) is 20.9 Å². The third-order valence-electron chi connectivity index (χ3n) is 6.48. The molecule has 208 valence electrons. The van der Waals surface area contributed by atoms with Crippen LogP contribution < -0.4 is 5.73 Å². The first-order valence-electron chi connectivity index (χ1n) is 13.0. The number of nitrogen functional groups attached to an aromatic ring is 1. The highest BCUT2D eigenvalue weighted by Crippen LogP contribution is 2.26. The lowest BCUT2D eigenvalue weighted by Gasteiger charge is -2.21. The van der Waals surface area contributed by atoms with Crippen LogP contribution in [0.15, 0.2) is 60.8 Å². The van der Waals surface area contributed by atoms with Gasteiger partial charge in [0.1, 0.15) is 12.5 Å². The zero-order valence-corrected chi connectivity index (χ0v) is 22.5. The molecule has 4 aromatic rings. The average Bonchev–Trinajstić information content (AvgIpc) is 3.50. The smallest absolute Gasteiger partial charge is 0.261 e. The maximum atomic E-state index is 11.7. The number of nitrogens with two attached hydrogens (primary N) is 1. The summed E-state index contributed by atoms with van der Waals surface area (Å²) in [5.41, 5.74) is 11.7. The number of likely N-dealkylation sites (N-methyl/N-ethyl adjacent to an activating group) is 1. The molecule has 0 saturated heterocycles. The van der Waals surface area contributed by atoms with Crippen molar-refractivity contribution in [3.05, 3.63) is 77.6 Å². The molecule has 6 rings (SSSR count). The molecule has 2 aromatic carbocycles. The van der Waals surface area contributed by atoms with Crippen LogP contribution >= 0.6 is 0 Å². The Balaban J connectivity index is 0.000000186. The molecule has 0 spiro atoms. The van der Waals surface area contributed by atoms with Crippen molar-refractivity contribution in [2.45, 2.75) is 19.8 Å². The summed E-state index contributed by atoms with van der Waals surface area (Å²) in [6.45, 7) is 3.66. The molecule has 0 bridgehead atoms. The highest BCUT2D eigenvalue weighted by molar-refractivity contribution is 6.21. The van der Waals surface area contributed by atoms with Crippen molar-refractivity contribution in [2.24, 2.45) is 0 Å². The molecule has 0 fully saturated rings. The monoisotopic (exact) mass is 543 g/mol. The van der Waals surface area contributed by atoms with Gasteiger partial charge in [-0.2, -0.15) is 0 Å². The van der Waals surface area contributed by atoms with E-state index < -0.39 is 6.79 Å². The number of nitrogens with one attached hydrogen (secondary N) is 1. The zero-order chi connectivity index (χ0) is 28.6. The van der Waals surface area contributed by atoms with Crippen LogP contribution in [0.5, 0.6) is 0 Å². The van der Waals surface area contributed by atoms with Crippen LogP contribution in [0.2, 0.25) is 0 Å². The summed E-state index contributed by atoms with van der Waals surface area (Å²) in [5, 5.41) is 14.2. The molecule has 2 aromatic heterocycles. The van der Waals surface area contributed by atoms with Gasteiger partial charge in [-0.05, 0) is 49.7 Å². The molecule has 0 atom stereocenters. The van der Waals surface area contributed by atoms with Crippen molar-refractivity contribution >= 4 is 34.2 Å². The molecule has 5 N–H and O–H groups in total. The predicted molar refractivity (Wildman–Crippen MR) is 153 cm³/mol. The summed E-state index contributed by atoms with van der Waals surface area (Å²) >= 11 is 0. The number of aliphatic hydroxyl groups is 2. The number of imidazole rings is 1. The molecule has 4 heterocycles. The number of carbonyl (C=O) groups is 2. The number of hydrogen-bond acceptors (Lipinski definition) is 9. The Labute approximate surface area is 232 Å². The molecule has 2 aliphatic heterocycles. The molecule has 0 radical (unpaired) electrons. The van der Waals surface area contributed by atoms with Crippen LogP contribution in [0.4, 0.5) is 5.82 Å². The van der Waals surface area contributed by atoms with Crippen LogP contribution in [-0.2, 0) is 0 Å². The van der Waals surface area contributed by atoms with E-state index in [9.17, 15) is 9.59 Å². The molecular weight excluding hydrogens is 510 g/mol. The first-order chi connectivity index (χ1) is 19.4. The van der Waals surface area contributed by atoms with E-state index in [1.165, 1.54) is 10.5 Å². The number of nitrogens with zero attached hydrogens (tertiary/aromatic N) is 5. The van der Waals surface area contributed by atoms with E-state index in [1.807, 2.05) is 31.2 Å². The van der Waals surface area contributed by atoms with E-state index >= 15 is 0 Å². The molecule has 40 heavy (non-hydrogen) atoms. The number of anilines is 1. The van der Waals surface area contributed by atoms with Gasteiger partial charge in [-0.15, -0.1) is 0 Å². The van der Waals surface area contributed by atoms with Crippen molar-refractivity contribution in [1.82, 2.24) is 29.7 Å². The van der Waals surface area contributed by atoms with Crippen molar-refractivity contribution in [2.75, 3.05) is 39.2 Å². The van der Waals surface area contributed by atoms with Crippen molar-refractivity contribution in [3.8, 4) is 11.5 Å². The van der Waals surface area contributed by atoms with Crippen LogP contribution in [0, 0.1) is 0 Å². The second kappa shape index (κ2) is 13.1. The molecule has 11 heteroatoms. The number of para-hydroxylation sites is 2. The highest BCUT2D eigenvalue weighted by Gasteiger charge is 2.34. The molecule has 2 aliphatic rings. The number of hydrogen-bond donors (Lipinski definition) is 4. The minimum absolute atomic E-state index is 0.160. The Hall–Kier alpha value is -4.45. The normalized spacial score (nSPS) is 14.7. The van der Waals surface area contributed by atoms with E-state index in [2.05, 4.69) is 33.0 Å². The Bertz CT molecular complexity index is 1460. The average molecular weight is 544 g/mol. The van der Waals surface area contributed by atoms with Gasteiger partial charge in [-0.1, -0.05) is 37.3 Å². The Morgan fingerprint density at radius 3 is 2.25 bits per heavy atom. The van der Waals surface area contributed by atoms with Gasteiger partial charge in [0.05, 0.1) is 34.1 Å². The molecule has 0 aliphatic carbocycles. The Kier molecular flexibility index (Phi) is 9.33. The third kappa shape index (κ3) is 6.23. The minimum Gasteiger partial charge on any atom is -0.382 e. The number of carbonyl (C=O) groups excluding carboxylic acids is 2. The summed E-state index contributed by atoms with van der Waals surface area (Å²) < 4.78 is 0. The fourth-order valence-electron chi connectivity index (χ4n) is 4.46. The highest BCUT2D eigenvalue weighted by atomic mass is 16.5. The lowest BCUT2D eigenvalue weighted by atomic mass is 10.1. The summed E-state index contributed by atoms with van der Waals surface area (Å²) in [7, 11) is 2.11. The molecule has 11 nitrogen and oxygen atoms in total. The number of H-pyrrole nitrogens is 1. The molecule has 2 amide bonds. The van der Waals surface area contributed by atoms with Gasteiger partial charge in [-0.25, -0.2) is 15.0 Å². The lowest BCUT2D eigenvalue weighted by molar-refractivity contribution is 0.0653. The standard InChI is InChI=1S/C17H18N6.C11H11NO2.CH4O2/c1-23-8-6-11(7-9-23)14-10-19-16(18)15(20-14)17-21-12-4-2-3-5-13(12)22-17;1-2-7-12-10(13)8-5-3-4-6-9(8)11(12)14;2-1-3/h2-6,10H,7-9H2,1H3,(H2,18,19)(H,21,22);3-6H,2,7H2,1H3;2-3H,1H2. The zero-order valence-electron chi connectivity index (χ0n) is 22.5. The minimum atomic E-state index is -0.750. The number of aliphatic hydroxyl groups excluding tert-OH is 1. The number of aromatic amines is 1. The lowest BCUT2D eigenvalue weighted by Crippen LogP contribution is -2.30. The predicted octanol–water partition coefficient (Wildman–Crippen LogP) is 2.94. The summed E-state index contributed by atoms with van der Waals surface area (Å²) in [4.78, 5) is 43.9. The SMILES string of the molecule is CCCN1C(=O)c2ccccc2C1=O.CN1CC=C(c2cnc(N)c(-c3nc4ccccc4[nH]3)n2)CC1.OCO. The molecule has 0 saturated carbocycles. The van der Waals surface area contributed by atoms with Crippen LogP contribution in [0.1, 0.15) is 46.2 Å². The summed E-state index contributed by atoms with van der Waals surface area (Å²) in [6.07, 6.45) is 5.71. The Morgan fingerprint density at radius 1 is 1.00 bits per heavy atom. The van der Waals surface area contributed by atoms with E-state index in [0.717, 1.165) is 42.7 Å². The van der Waals surface area contributed by atoms with Gasteiger partial charge in [0.25, 0.3) is 11.8 Å². The maximum Gasteiger partial charge on any atom is 0.261 e. The van der Waals surface area contributed by atoms with Crippen LogP contribution in [0.25, 0.3) is 28.1 Å². The fourth-order valence-corrected chi connectivity index (χ4v) is 4.46. The topological polar surface area (TPSA) is 162 Å². The number of imide groups is 1. The summed E-state index contributed by atoms with van der Waals surface area (Å²) in [6, 6.07) is 14.8. The number of aromatic nitrogens is 4. The third-order valence-corrected chi connectivity index (χ3v) is 6.48. The Morgan fingerprint density at radius 2 is 1.65 bits per heavy atom. The first-order valence-corrected chi connectivity index (χ1v) is 13.0. The van der Waals surface area contributed by atoms with Gasteiger partial charge in [0, 0.05) is 19.6 Å². The van der Waals surface area contributed by atoms with Crippen LogP contribution in [0.3, 0.4) is 0 Å². The number of benzene rings is 2. The van der Waals surface area contributed by atoms with Crippen molar-refractivity contribution < 1.29 is 19.8 Å². The maximum absolute atomic E-state index is 11.7. The molecule has 0 unspecified atom stereocenters. The van der Waals surface area contributed by atoms with E-state index in [0.29, 0.717) is 35.0 Å². The van der Waals surface area contributed by atoms with Crippen molar-refractivity contribution in [3.63, 3.8) is 0 Å². The van der Waals surface area contributed by atoms with Crippen LogP contribution in [-0.4, -0.2) is 85.2 Å². The fraction of sp³-hybridized carbons (Fsp3) is 0.276. The second-order valence-electron chi connectivity index (χ2n) is 9.28. The number of rotatable bonds is 4. The van der Waals surface area contributed by atoms with Gasteiger partial charge in [0.15, 0.2) is 11.6 Å². The first kappa shape index (κ1) is 28.6. The van der Waals surface area contributed by atoms with Gasteiger partial charge in [-0.3, -0.25) is 14.5 Å². The quantitative estimate of drug-likeness (QED) is 0.224. The number of amides is 2. The number of fused-ring (bicyclic) bond motifs is 2. The van der Waals surface area contributed by atoms with Gasteiger partial charge < -0.3 is 25.8 Å². The molecular formula is C29H33N7O4. The van der Waals surface area contributed by atoms with Gasteiger partial charge >= 0.3 is 0 Å². The van der Waals surface area contributed by atoms with E-state index in [-0.39, 0.29) is 11.8 Å². The summed E-state index contributed by atoms with van der Waals surface area (Å²) in [5.74, 6) is 0.729. The van der Waals surface area contributed by atoms with Gasteiger partial charge in [0.2, 0.25) is 0 Å². The van der Waals surface area contributed by atoms with Crippen molar-refractivity contribution in [1.29, 1.82) is 0 Å². The van der Waals surface area contributed by atoms with E-state index in [1.54, 1.807) is 30.5 Å². The second-order valence-corrected chi connectivity index (χ2v) is 9.28. The largest absolute Gasteiger partial charge is 0.382 e.